The van der Waals surface area contributed by atoms with E-state index >= 15 is 0 Å². The molecule has 1 aromatic heterocycles. The summed E-state index contributed by atoms with van der Waals surface area (Å²) in [4.78, 5) is 3.92. The van der Waals surface area contributed by atoms with E-state index in [1.165, 1.54) is 0 Å². The standard InChI is InChI=1S/C13H15ClN2O3S2/c1-4-19-10-5-6-11(8(2)7-10)16-21(17,18)12-9(3)15-13(14)20-12/h5-7,16H,4H2,1-3H3. The molecule has 0 saturated heterocycles. The minimum absolute atomic E-state index is 0.126. The summed E-state index contributed by atoms with van der Waals surface area (Å²) in [7, 11) is -3.69. The third-order valence-electron chi connectivity index (χ3n) is 2.73. The van der Waals surface area contributed by atoms with Gasteiger partial charge >= 0.3 is 0 Å². The van der Waals surface area contributed by atoms with Crippen LogP contribution in [0, 0.1) is 13.8 Å². The van der Waals surface area contributed by atoms with Gasteiger partial charge in [0.2, 0.25) is 0 Å². The van der Waals surface area contributed by atoms with Gasteiger partial charge in [0.15, 0.2) is 8.68 Å². The summed E-state index contributed by atoms with van der Waals surface area (Å²) in [5, 5.41) is 0. The quantitative estimate of drug-likeness (QED) is 0.897. The third-order valence-corrected chi connectivity index (χ3v) is 5.96. The molecular formula is C13H15ClN2O3S2. The summed E-state index contributed by atoms with van der Waals surface area (Å²) < 4.78 is 33.0. The molecule has 2 rings (SSSR count). The molecule has 21 heavy (non-hydrogen) atoms. The highest BCUT2D eigenvalue weighted by molar-refractivity contribution is 7.94. The molecule has 0 amide bonds. The first-order chi connectivity index (χ1) is 9.83. The Bertz CT molecular complexity index is 757. The number of ether oxygens (including phenoxy) is 1. The van der Waals surface area contributed by atoms with Crippen molar-refractivity contribution in [2.45, 2.75) is 25.0 Å². The van der Waals surface area contributed by atoms with Crippen molar-refractivity contribution < 1.29 is 13.2 Å². The summed E-state index contributed by atoms with van der Waals surface area (Å²) in [6, 6.07) is 5.19. The van der Waals surface area contributed by atoms with E-state index in [-0.39, 0.29) is 8.68 Å². The molecule has 0 aliphatic carbocycles. The van der Waals surface area contributed by atoms with Crippen LogP contribution in [-0.4, -0.2) is 20.0 Å². The van der Waals surface area contributed by atoms with E-state index in [4.69, 9.17) is 16.3 Å². The Morgan fingerprint density at radius 1 is 1.38 bits per heavy atom. The largest absolute Gasteiger partial charge is 0.494 e. The summed E-state index contributed by atoms with van der Waals surface area (Å²) in [6.45, 7) is 5.88. The molecule has 1 N–H and O–H groups in total. The van der Waals surface area contributed by atoms with Crippen LogP contribution in [-0.2, 0) is 10.0 Å². The molecule has 1 heterocycles. The van der Waals surface area contributed by atoms with Crippen molar-refractivity contribution in [2.24, 2.45) is 0 Å². The Balaban J connectivity index is 2.31. The number of nitrogens with zero attached hydrogens (tertiary/aromatic N) is 1. The van der Waals surface area contributed by atoms with E-state index in [2.05, 4.69) is 9.71 Å². The van der Waals surface area contributed by atoms with Crippen molar-refractivity contribution in [2.75, 3.05) is 11.3 Å². The molecule has 5 nitrogen and oxygen atoms in total. The van der Waals surface area contributed by atoms with Crippen LogP contribution in [0.2, 0.25) is 4.47 Å². The van der Waals surface area contributed by atoms with Crippen LogP contribution in [0.1, 0.15) is 18.2 Å². The van der Waals surface area contributed by atoms with Crippen LogP contribution in [0.25, 0.3) is 0 Å². The Labute approximate surface area is 133 Å². The molecule has 8 heteroatoms. The molecule has 0 aliphatic heterocycles. The van der Waals surface area contributed by atoms with E-state index < -0.39 is 10.0 Å². The zero-order chi connectivity index (χ0) is 15.6. The molecule has 0 bridgehead atoms. The number of hydrogen-bond donors (Lipinski definition) is 1. The van der Waals surface area contributed by atoms with Crippen molar-refractivity contribution in [3.05, 3.63) is 33.9 Å². The van der Waals surface area contributed by atoms with Gasteiger partial charge in [0, 0.05) is 0 Å². The number of anilines is 1. The maximum atomic E-state index is 12.4. The van der Waals surface area contributed by atoms with E-state index in [9.17, 15) is 8.42 Å². The molecule has 0 atom stereocenters. The highest BCUT2D eigenvalue weighted by Crippen LogP contribution is 2.30. The topological polar surface area (TPSA) is 68.3 Å². The van der Waals surface area contributed by atoms with E-state index in [0.717, 1.165) is 16.9 Å². The van der Waals surface area contributed by atoms with Crippen LogP contribution in [0.5, 0.6) is 5.75 Å². The fourth-order valence-electron chi connectivity index (χ4n) is 1.80. The fraction of sp³-hybridized carbons (Fsp3) is 0.308. The second-order valence-corrected chi connectivity index (χ2v) is 7.81. The molecule has 2 aromatic rings. The third kappa shape index (κ3) is 3.66. The minimum Gasteiger partial charge on any atom is -0.494 e. The lowest BCUT2D eigenvalue weighted by atomic mass is 10.2. The normalized spacial score (nSPS) is 11.4. The van der Waals surface area contributed by atoms with Crippen molar-refractivity contribution in [3.63, 3.8) is 0 Å². The van der Waals surface area contributed by atoms with Gasteiger partial charge in [-0.1, -0.05) is 22.9 Å². The molecule has 0 saturated carbocycles. The smallest absolute Gasteiger partial charge is 0.273 e. The second kappa shape index (κ2) is 6.21. The van der Waals surface area contributed by atoms with E-state index in [0.29, 0.717) is 23.7 Å². The van der Waals surface area contributed by atoms with Crippen LogP contribution in [0.15, 0.2) is 22.4 Å². The van der Waals surface area contributed by atoms with Gasteiger partial charge in [-0.05, 0) is 44.5 Å². The van der Waals surface area contributed by atoms with Gasteiger partial charge in [0.05, 0.1) is 18.0 Å². The van der Waals surface area contributed by atoms with Crippen LogP contribution in [0.3, 0.4) is 0 Å². The average Bonchev–Trinajstić information content (AvgIpc) is 2.73. The van der Waals surface area contributed by atoms with Crippen LogP contribution >= 0.6 is 22.9 Å². The van der Waals surface area contributed by atoms with E-state index in [1.54, 1.807) is 25.1 Å². The van der Waals surface area contributed by atoms with Crippen LogP contribution in [0.4, 0.5) is 5.69 Å². The zero-order valence-corrected chi connectivity index (χ0v) is 14.2. The highest BCUT2D eigenvalue weighted by Gasteiger charge is 2.22. The molecule has 0 unspecified atom stereocenters. The van der Waals surface area contributed by atoms with Crippen molar-refractivity contribution >= 4 is 38.6 Å². The maximum Gasteiger partial charge on any atom is 0.273 e. The Hall–Kier alpha value is -1.31. The molecular weight excluding hydrogens is 332 g/mol. The zero-order valence-electron chi connectivity index (χ0n) is 11.8. The maximum absolute atomic E-state index is 12.4. The number of hydrogen-bond acceptors (Lipinski definition) is 5. The number of aryl methyl sites for hydroxylation is 2. The highest BCUT2D eigenvalue weighted by atomic mass is 35.5. The van der Waals surface area contributed by atoms with E-state index in [1.807, 2.05) is 13.8 Å². The van der Waals surface area contributed by atoms with Gasteiger partial charge in [-0.15, -0.1) is 0 Å². The molecule has 0 fully saturated rings. The average molecular weight is 347 g/mol. The summed E-state index contributed by atoms with van der Waals surface area (Å²) >= 11 is 6.70. The first-order valence-electron chi connectivity index (χ1n) is 6.22. The Kier molecular flexibility index (Phi) is 4.75. The first kappa shape index (κ1) is 16.1. The monoisotopic (exact) mass is 346 g/mol. The Morgan fingerprint density at radius 2 is 2.10 bits per heavy atom. The predicted octanol–water partition coefficient (Wildman–Crippen LogP) is 3.61. The van der Waals surface area contributed by atoms with Gasteiger partial charge in [0.25, 0.3) is 10.0 Å². The lowest BCUT2D eigenvalue weighted by Crippen LogP contribution is -2.13. The van der Waals surface area contributed by atoms with Crippen molar-refractivity contribution in [1.82, 2.24) is 4.98 Å². The summed E-state index contributed by atoms with van der Waals surface area (Å²) in [5.41, 5.74) is 1.67. The minimum atomic E-state index is -3.69. The number of halogens is 1. The van der Waals surface area contributed by atoms with Gasteiger partial charge in [0.1, 0.15) is 5.75 Å². The number of thiazole rings is 1. The van der Waals surface area contributed by atoms with Crippen LogP contribution < -0.4 is 9.46 Å². The van der Waals surface area contributed by atoms with Crippen molar-refractivity contribution in [3.8, 4) is 5.75 Å². The molecule has 1 aromatic carbocycles. The molecule has 0 radical (unpaired) electrons. The molecule has 114 valence electrons. The number of sulfonamides is 1. The first-order valence-corrected chi connectivity index (χ1v) is 8.90. The summed E-state index contributed by atoms with van der Waals surface area (Å²) in [6.07, 6.45) is 0. The van der Waals surface area contributed by atoms with Gasteiger partial charge in [-0.25, -0.2) is 13.4 Å². The van der Waals surface area contributed by atoms with Gasteiger partial charge in [-0.2, -0.15) is 0 Å². The number of aromatic nitrogens is 1. The predicted molar refractivity (Wildman–Crippen MR) is 85.0 cm³/mol. The number of rotatable bonds is 5. The van der Waals surface area contributed by atoms with Crippen molar-refractivity contribution in [1.29, 1.82) is 0 Å². The summed E-state index contributed by atoms with van der Waals surface area (Å²) in [5.74, 6) is 0.704. The molecule has 0 aliphatic rings. The lowest BCUT2D eigenvalue weighted by molar-refractivity contribution is 0.340. The SMILES string of the molecule is CCOc1ccc(NS(=O)(=O)c2sc(Cl)nc2C)c(C)c1. The van der Waals surface area contributed by atoms with Gasteiger partial charge in [-0.3, -0.25) is 4.72 Å². The second-order valence-electron chi connectivity index (χ2n) is 4.35. The lowest BCUT2D eigenvalue weighted by Gasteiger charge is -2.11. The van der Waals surface area contributed by atoms with Gasteiger partial charge < -0.3 is 4.74 Å². The number of benzene rings is 1. The number of nitrogens with one attached hydrogen (secondary N) is 1. The fourth-order valence-corrected chi connectivity index (χ4v) is 4.67. The Morgan fingerprint density at radius 3 is 2.62 bits per heavy atom. The molecule has 0 spiro atoms.